The van der Waals surface area contributed by atoms with E-state index in [2.05, 4.69) is 10.6 Å². The van der Waals surface area contributed by atoms with Crippen molar-refractivity contribution in [3.05, 3.63) is 59.7 Å². The van der Waals surface area contributed by atoms with Crippen LogP contribution in [0.5, 0.6) is 0 Å². The molecule has 2 aromatic carbocycles. The van der Waals surface area contributed by atoms with E-state index in [1.165, 1.54) is 13.0 Å². The summed E-state index contributed by atoms with van der Waals surface area (Å²) >= 11 is 0. The number of carbonyl (C=O) groups excluding carboxylic acids is 2. The number of halogens is 2. The lowest BCUT2D eigenvalue weighted by Crippen LogP contribution is -2.18. The molecule has 0 bridgehead atoms. The van der Waals surface area contributed by atoms with Crippen LogP contribution in [-0.2, 0) is 4.79 Å². The molecular weight excluding hydrogens is 302 g/mol. The van der Waals surface area contributed by atoms with E-state index in [4.69, 9.17) is 0 Å². The molecule has 23 heavy (non-hydrogen) atoms. The smallest absolute Gasteiger partial charge is 0.226 e. The maximum atomic E-state index is 13.4. The predicted molar refractivity (Wildman–Crippen MR) is 84.5 cm³/mol. The summed E-state index contributed by atoms with van der Waals surface area (Å²) in [5.74, 6) is -2.20. The van der Waals surface area contributed by atoms with Crippen molar-refractivity contribution in [3.8, 4) is 0 Å². The van der Waals surface area contributed by atoms with Crippen LogP contribution in [0.25, 0.3) is 0 Å². The summed E-state index contributed by atoms with van der Waals surface area (Å²) in [6.45, 7) is 1.73. The third-order valence-electron chi connectivity index (χ3n) is 3.18. The number of para-hydroxylation sites is 1. The molecule has 0 aliphatic carbocycles. The molecule has 0 atom stereocenters. The molecule has 4 nitrogen and oxygen atoms in total. The van der Waals surface area contributed by atoms with Crippen molar-refractivity contribution in [1.82, 2.24) is 0 Å². The Kier molecular flexibility index (Phi) is 5.41. The van der Waals surface area contributed by atoms with E-state index in [0.717, 1.165) is 12.1 Å². The zero-order chi connectivity index (χ0) is 16.8. The van der Waals surface area contributed by atoms with E-state index < -0.39 is 23.2 Å². The summed E-state index contributed by atoms with van der Waals surface area (Å²) in [6.07, 6.45) is 0.0259. The Morgan fingerprint density at radius 3 is 2.35 bits per heavy atom. The van der Waals surface area contributed by atoms with Gasteiger partial charge in [-0.3, -0.25) is 9.59 Å². The lowest BCUT2D eigenvalue weighted by Gasteiger charge is -2.09. The van der Waals surface area contributed by atoms with Crippen LogP contribution in [0.15, 0.2) is 42.5 Å². The number of hydrogen-bond donors (Lipinski definition) is 2. The first kappa shape index (κ1) is 16.6. The minimum atomic E-state index is -0.819. The minimum Gasteiger partial charge on any atom is -0.385 e. The van der Waals surface area contributed by atoms with Crippen LogP contribution < -0.4 is 10.6 Å². The molecule has 120 valence electrons. The standard InChI is InChI=1S/C17H16F2N2O2/c1-11(22)12-4-2-5-13(10-12)20-9-8-16(23)21-17-14(18)6-3-7-15(17)19/h2-7,10,20H,8-9H2,1H3,(H,21,23). The summed E-state index contributed by atoms with van der Waals surface area (Å²) in [6, 6.07) is 10.2. The molecule has 2 N–H and O–H groups in total. The van der Waals surface area contributed by atoms with Crippen molar-refractivity contribution >= 4 is 23.1 Å². The molecule has 0 aliphatic heterocycles. The molecule has 0 radical (unpaired) electrons. The van der Waals surface area contributed by atoms with Gasteiger partial charge in [-0.1, -0.05) is 18.2 Å². The van der Waals surface area contributed by atoms with Gasteiger partial charge in [0.2, 0.25) is 5.91 Å². The molecular formula is C17H16F2N2O2. The van der Waals surface area contributed by atoms with E-state index in [9.17, 15) is 18.4 Å². The molecule has 0 fully saturated rings. The van der Waals surface area contributed by atoms with Crippen LogP contribution in [0.3, 0.4) is 0 Å². The first-order valence-corrected chi connectivity index (χ1v) is 7.06. The maximum Gasteiger partial charge on any atom is 0.226 e. The van der Waals surface area contributed by atoms with Crippen LogP contribution in [0.1, 0.15) is 23.7 Å². The van der Waals surface area contributed by atoms with Gasteiger partial charge < -0.3 is 10.6 Å². The fraction of sp³-hybridized carbons (Fsp3) is 0.176. The predicted octanol–water partition coefficient (Wildman–Crippen LogP) is 3.61. The summed E-state index contributed by atoms with van der Waals surface area (Å²) < 4.78 is 26.8. The molecule has 0 saturated carbocycles. The van der Waals surface area contributed by atoms with Gasteiger partial charge in [-0.2, -0.15) is 0 Å². The Morgan fingerprint density at radius 1 is 1.04 bits per heavy atom. The zero-order valence-electron chi connectivity index (χ0n) is 12.5. The fourth-order valence-corrected chi connectivity index (χ4v) is 1.99. The number of Topliss-reactive ketones (excluding diaryl/α,β-unsaturated/α-hetero) is 1. The zero-order valence-corrected chi connectivity index (χ0v) is 12.5. The second-order valence-electron chi connectivity index (χ2n) is 4.96. The largest absolute Gasteiger partial charge is 0.385 e. The first-order valence-electron chi connectivity index (χ1n) is 7.06. The highest BCUT2D eigenvalue weighted by Gasteiger charge is 2.11. The van der Waals surface area contributed by atoms with Gasteiger partial charge in [0.1, 0.15) is 17.3 Å². The monoisotopic (exact) mass is 318 g/mol. The molecule has 0 aliphatic rings. The Bertz CT molecular complexity index is 712. The van der Waals surface area contributed by atoms with E-state index >= 15 is 0 Å². The van der Waals surface area contributed by atoms with Crippen molar-refractivity contribution in [2.75, 3.05) is 17.2 Å². The number of ketones is 1. The summed E-state index contributed by atoms with van der Waals surface area (Å²) in [4.78, 5) is 23.0. The van der Waals surface area contributed by atoms with Crippen molar-refractivity contribution in [2.24, 2.45) is 0 Å². The maximum absolute atomic E-state index is 13.4. The van der Waals surface area contributed by atoms with Crippen LogP contribution in [0.4, 0.5) is 20.2 Å². The molecule has 0 unspecified atom stereocenters. The van der Waals surface area contributed by atoms with Gasteiger partial charge in [0, 0.05) is 24.2 Å². The number of nitrogens with one attached hydrogen (secondary N) is 2. The van der Waals surface area contributed by atoms with E-state index in [0.29, 0.717) is 11.3 Å². The van der Waals surface area contributed by atoms with Crippen LogP contribution in [-0.4, -0.2) is 18.2 Å². The van der Waals surface area contributed by atoms with Gasteiger partial charge in [-0.25, -0.2) is 8.78 Å². The first-order chi connectivity index (χ1) is 11.0. The molecule has 1 amide bonds. The molecule has 0 aromatic heterocycles. The van der Waals surface area contributed by atoms with Crippen LogP contribution >= 0.6 is 0 Å². The Hall–Kier alpha value is -2.76. The molecule has 0 saturated heterocycles. The number of hydrogen-bond acceptors (Lipinski definition) is 3. The third-order valence-corrected chi connectivity index (χ3v) is 3.18. The average Bonchev–Trinajstić information content (AvgIpc) is 2.51. The molecule has 2 aromatic rings. The second-order valence-corrected chi connectivity index (χ2v) is 4.96. The van der Waals surface area contributed by atoms with Gasteiger partial charge in [0.05, 0.1) is 0 Å². The van der Waals surface area contributed by atoms with E-state index in [1.54, 1.807) is 24.3 Å². The topological polar surface area (TPSA) is 58.2 Å². The average molecular weight is 318 g/mol. The molecule has 2 rings (SSSR count). The summed E-state index contributed by atoms with van der Waals surface area (Å²) in [5, 5.41) is 5.20. The van der Waals surface area contributed by atoms with Gasteiger partial charge in [-0.15, -0.1) is 0 Å². The molecule has 0 heterocycles. The van der Waals surface area contributed by atoms with E-state index in [1.807, 2.05) is 0 Å². The summed E-state index contributed by atoms with van der Waals surface area (Å²) in [5.41, 5.74) is 0.812. The Morgan fingerprint density at radius 2 is 1.70 bits per heavy atom. The SMILES string of the molecule is CC(=O)c1cccc(NCCC(=O)Nc2c(F)cccc2F)c1. The van der Waals surface area contributed by atoms with Gasteiger partial charge in [-0.05, 0) is 31.2 Å². The van der Waals surface area contributed by atoms with Crippen molar-refractivity contribution in [2.45, 2.75) is 13.3 Å². The fourth-order valence-electron chi connectivity index (χ4n) is 1.99. The lowest BCUT2D eigenvalue weighted by atomic mass is 10.1. The summed E-state index contributed by atoms with van der Waals surface area (Å²) in [7, 11) is 0. The van der Waals surface area contributed by atoms with Crippen LogP contribution in [0, 0.1) is 11.6 Å². The highest BCUT2D eigenvalue weighted by atomic mass is 19.1. The number of rotatable bonds is 6. The number of benzene rings is 2. The van der Waals surface area contributed by atoms with Crippen molar-refractivity contribution in [1.29, 1.82) is 0 Å². The van der Waals surface area contributed by atoms with Crippen molar-refractivity contribution < 1.29 is 18.4 Å². The van der Waals surface area contributed by atoms with E-state index in [-0.39, 0.29) is 18.7 Å². The normalized spacial score (nSPS) is 10.2. The highest BCUT2D eigenvalue weighted by molar-refractivity contribution is 5.95. The lowest BCUT2D eigenvalue weighted by molar-refractivity contribution is -0.116. The minimum absolute atomic E-state index is 0.0259. The third kappa shape index (κ3) is 4.60. The molecule has 0 spiro atoms. The van der Waals surface area contributed by atoms with Crippen LogP contribution in [0.2, 0.25) is 0 Å². The van der Waals surface area contributed by atoms with Gasteiger partial charge in [0.15, 0.2) is 5.78 Å². The number of amides is 1. The Balaban J connectivity index is 1.88. The number of carbonyl (C=O) groups is 2. The highest BCUT2D eigenvalue weighted by Crippen LogP contribution is 2.18. The molecule has 6 heteroatoms. The van der Waals surface area contributed by atoms with Gasteiger partial charge in [0.25, 0.3) is 0 Å². The Labute approximate surface area is 132 Å². The number of anilines is 2. The van der Waals surface area contributed by atoms with Crippen molar-refractivity contribution in [3.63, 3.8) is 0 Å². The second kappa shape index (κ2) is 7.49. The quantitative estimate of drug-likeness (QED) is 0.800. The van der Waals surface area contributed by atoms with Gasteiger partial charge >= 0.3 is 0 Å².